The van der Waals surface area contributed by atoms with Crippen LogP contribution in [0.15, 0.2) is 0 Å². The molecule has 1 heterocycles. The van der Waals surface area contributed by atoms with Gasteiger partial charge in [0.05, 0.1) is 6.10 Å². The van der Waals surface area contributed by atoms with Crippen molar-refractivity contribution in [1.82, 2.24) is 5.32 Å². The standard InChI is InChI=1S/C13H27NO/c1-4-11(5-2)10-14-12-7-8-15-13(6-3)9-12/h11-14H,4-10H2,1-3H3. The molecule has 0 spiro atoms. The molecule has 90 valence electrons. The first-order valence-corrected chi connectivity index (χ1v) is 6.65. The van der Waals surface area contributed by atoms with E-state index in [1.54, 1.807) is 0 Å². The Morgan fingerprint density at radius 1 is 1.27 bits per heavy atom. The molecule has 0 amide bonds. The molecule has 0 saturated carbocycles. The summed E-state index contributed by atoms with van der Waals surface area (Å²) in [5, 5.41) is 3.71. The Kier molecular flexibility index (Phi) is 6.26. The smallest absolute Gasteiger partial charge is 0.0587 e. The molecule has 1 fully saturated rings. The van der Waals surface area contributed by atoms with Gasteiger partial charge in [-0.1, -0.05) is 33.6 Å². The second-order valence-electron chi connectivity index (χ2n) is 4.71. The molecular weight excluding hydrogens is 186 g/mol. The maximum atomic E-state index is 5.68. The van der Waals surface area contributed by atoms with Crippen molar-refractivity contribution in [2.45, 2.75) is 65.0 Å². The minimum Gasteiger partial charge on any atom is -0.378 e. The van der Waals surface area contributed by atoms with Crippen molar-refractivity contribution < 1.29 is 4.74 Å². The molecule has 0 aromatic carbocycles. The summed E-state index contributed by atoms with van der Waals surface area (Å²) in [6, 6.07) is 0.698. The van der Waals surface area contributed by atoms with Crippen LogP contribution in [0.1, 0.15) is 52.9 Å². The Hall–Kier alpha value is -0.0800. The van der Waals surface area contributed by atoms with Gasteiger partial charge < -0.3 is 10.1 Å². The molecule has 1 N–H and O–H groups in total. The van der Waals surface area contributed by atoms with Crippen molar-refractivity contribution >= 4 is 0 Å². The number of nitrogens with one attached hydrogen (secondary N) is 1. The second-order valence-corrected chi connectivity index (χ2v) is 4.71. The molecule has 0 radical (unpaired) electrons. The maximum absolute atomic E-state index is 5.68. The molecule has 0 aromatic heterocycles. The van der Waals surface area contributed by atoms with Gasteiger partial charge in [0.15, 0.2) is 0 Å². The summed E-state index contributed by atoms with van der Waals surface area (Å²) in [6.45, 7) is 8.92. The first kappa shape index (κ1) is 13.0. The highest BCUT2D eigenvalue weighted by atomic mass is 16.5. The van der Waals surface area contributed by atoms with Gasteiger partial charge in [-0.05, 0) is 31.7 Å². The van der Waals surface area contributed by atoms with E-state index in [4.69, 9.17) is 4.74 Å². The van der Waals surface area contributed by atoms with Gasteiger partial charge in [-0.3, -0.25) is 0 Å². The summed E-state index contributed by atoms with van der Waals surface area (Å²) in [5.41, 5.74) is 0. The van der Waals surface area contributed by atoms with Gasteiger partial charge in [0, 0.05) is 12.6 Å². The third-order valence-corrected chi connectivity index (χ3v) is 3.67. The third-order valence-electron chi connectivity index (χ3n) is 3.67. The SMILES string of the molecule is CCC(CC)CNC1CCOC(CC)C1. The average molecular weight is 213 g/mol. The summed E-state index contributed by atoms with van der Waals surface area (Å²) in [4.78, 5) is 0. The highest BCUT2D eigenvalue weighted by molar-refractivity contribution is 4.77. The van der Waals surface area contributed by atoms with Gasteiger partial charge >= 0.3 is 0 Å². The summed E-state index contributed by atoms with van der Waals surface area (Å²) in [7, 11) is 0. The fourth-order valence-electron chi connectivity index (χ4n) is 2.26. The van der Waals surface area contributed by atoms with Crippen LogP contribution < -0.4 is 5.32 Å². The molecular formula is C13H27NO. The molecule has 0 aliphatic carbocycles. The molecule has 1 aliphatic rings. The Bertz CT molecular complexity index is 157. The van der Waals surface area contributed by atoms with E-state index in [1.165, 1.54) is 32.2 Å². The van der Waals surface area contributed by atoms with Crippen molar-refractivity contribution in [1.29, 1.82) is 0 Å². The van der Waals surface area contributed by atoms with Gasteiger partial charge in [-0.25, -0.2) is 0 Å². The van der Waals surface area contributed by atoms with E-state index in [-0.39, 0.29) is 0 Å². The van der Waals surface area contributed by atoms with Crippen LogP contribution in [0.2, 0.25) is 0 Å². The van der Waals surface area contributed by atoms with Crippen LogP contribution in [0.3, 0.4) is 0 Å². The molecule has 2 unspecified atom stereocenters. The van der Waals surface area contributed by atoms with E-state index >= 15 is 0 Å². The highest BCUT2D eigenvalue weighted by Gasteiger charge is 2.21. The average Bonchev–Trinajstić information content (AvgIpc) is 2.31. The largest absolute Gasteiger partial charge is 0.378 e. The zero-order valence-electron chi connectivity index (χ0n) is 10.6. The lowest BCUT2D eigenvalue weighted by atomic mass is 9.99. The zero-order chi connectivity index (χ0) is 11.1. The Balaban J connectivity index is 2.20. The normalized spacial score (nSPS) is 27.2. The van der Waals surface area contributed by atoms with Gasteiger partial charge in [0.2, 0.25) is 0 Å². The van der Waals surface area contributed by atoms with Gasteiger partial charge in [-0.15, -0.1) is 0 Å². The van der Waals surface area contributed by atoms with Crippen molar-refractivity contribution in [3.63, 3.8) is 0 Å². The quantitative estimate of drug-likeness (QED) is 0.732. The van der Waals surface area contributed by atoms with Crippen LogP contribution in [-0.4, -0.2) is 25.3 Å². The first-order valence-electron chi connectivity index (χ1n) is 6.65. The van der Waals surface area contributed by atoms with Crippen molar-refractivity contribution in [3.8, 4) is 0 Å². The van der Waals surface area contributed by atoms with Crippen molar-refractivity contribution in [3.05, 3.63) is 0 Å². The van der Waals surface area contributed by atoms with E-state index in [0.717, 1.165) is 18.9 Å². The molecule has 1 saturated heterocycles. The summed E-state index contributed by atoms with van der Waals surface area (Å²) in [6.07, 6.45) is 6.64. The molecule has 2 heteroatoms. The summed E-state index contributed by atoms with van der Waals surface area (Å²) in [5.74, 6) is 0.855. The summed E-state index contributed by atoms with van der Waals surface area (Å²) < 4.78 is 5.68. The third kappa shape index (κ3) is 4.52. The van der Waals surface area contributed by atoms with E-state index in [9.17, 15) is 0 Å². The summed E-state index contributed by atoms with van der Waals surface area (Å²) >= 11 is 0. The van der Waals surface area contributed by atoms with Gasteiger partial charge in [0.1, 0.15) is 0 Å². The van der Waals surface area contributed by atoms with E-state index in [2.05, 4.69) is 26.1 Å². The predicted octanol–water partition coefficient (Wildman–Crippen LogP) is 2.97. The predicted molar refractivity (Wildman–Crippen MR) is 65.1 cm³/mol. The maximum Gasteiger partial charge on any atom is 0.0587 e. The van der Waals surface area contributed by atoms with E-state index in [1.807, 2.05) is 0 Å². The molecule has 2 atom stereocenters. The number of ether oxygens (including phenoxy) is 1. The Morgan fingerprint density at radius 2 is 2.00 bits per heavy atom. The molecule has 15 heavy (non-hydrogen) atoms. The van der Waals surface area contributed by atoms with Crippen molar-refractivity contribution in [2.75, 3.05) is 13.2 Å². The monoisotopic (exact) mass is 213 g/mol. The van der Waals surface area contributed by atoms with Crippen molar-refractivity contribution in [2.24, 2.45) is 5.92 Å². The molecule has 1 rings (SSSR count). The molecule has 0 bridgehead atoms. The molecule has 1 aliphatic heterocycles. The minimum absolute atomic E-state index is 0.498. The Morgan fingerprint density at radius 3 is 2.60 bits per heavy atom. The lowest BCUT2D eigenvalue weighted by molar-refractivity contribution is -0.000632. The number of rotatable bonds is 6. The fraction of sp³-hybridized carbons (Fsp3) is 1.00. The van der Waals surface area contributed by atoms with Gasteiger partial charge in [0.25, 0.3) is 0 Å². The van der Waals surface area contributed by atoms with Crippen LogP contribution in [0.4, 0.5) is 0 Å². The fourth-order valence-corrected chi connectivity index (χ4v) is 2.26. The topological polar surface area (TPSA) is 21.3 Å². The first-order chi connectivity index (χ1) is 7.30. The lowest BCUT2D eigenvalue weighted by Gasteiger charge is -2.30. The minimum atomic E-state index is 0.498. The zero-order valence-corrected chi connectivity index (χ0v) is 10.6. The van der Waals surface area contributed by atoms with Crippen LogP contribution in [0.5, 0.6) is 0 Å². The van der Waals surface area contributed by atoms with Crippen LogP contribution >= 0.6 is 0 Å². The number of hydrogen-bond donors (Lipinski definition) is 1. The van der Waals surface area contributed by atoms with Crippen LogP contribution in [0.25, 0.3) is 0 Å². The lowest BCUT2D eigenvalue weighted by Crippen LogP contribution is -2.40. The second kappa shape index (κ2) is 7.24. The molecule has 2 nitrogen and oxygen atoms in total. The highest BCUT2D eigenvalue weighted by Crippen LogP contribution is 2.17. The van der Waals surface area contributed by atoms with Gasteiger partial charge in [-0.2, -0.15) is 0 Å². The Labute approximate surface area is 94.8 Å². The van der Waals surface area contributed by atoms with E-state index < -0.39 is 0 Å². The van der Waals surface area contributed by atoms with Crippen LogP contribution in [-0.2, 0) is 4.74 Å². The number of hydrogen-bond acceptors (Lipinski definition) is 2. The van der Waals surface area contributed by atoms with E-state index in [0.29, 0.717) is 12.1 Å². The van der Waals surface area contributed by atoms with Crippen LogP contribution in [0, 0.1) is 5.92 Å². The molecule has 0 aromatic rings.